The number of hydrogen-bond donors (Lipinski definition) is 1. The highest BCUT2D eigenvalue weighted by Crippen LogP contribution is 2.31. The smallest absolute Gasteiger partial charge is 0.282 e. The summed E-state index contributed by atoms with van der Waals surface area (Å²) in [7, 11) is -2.26. The van der Waals surface area contributed by atoms with Gasteiger partial charge in [-0.3, -0.25) is 4.79 Å². The molecule has 1 heterocycles. The van der Waals surface area contributed by atoms with Crippen LogP contribution in [0.25, 0.3) is 0 Å². The van der Waals surface area contributed by atoms with Crippen molar-refractivity contribution in [3.63, 3.8) is 0 Å². The van der Waals surface area contributed by atoms with Gasteiger partial charge in [-0.1, -0.05) is 41.4 Å². The lowest BCUT2D eigenvalue weighted by molar-refractivity contribution is -0.116. The van der Waals surface area contributed by atoms with Gasteiger partial charge in [-0.15, -0.1) is 0 Å². The third-order valence-electron chi connectivity index (χ3n) is 5.02. The number of aryl methyl sites for hydroxylation is 2. The second kappa shape index (κ2) is 9.34. The summed E-state index contributed by atoms with van der Waals surface area (Å²) in [6, 6.07) is 11.1. The summed E-state index contributed by atoms with van der Waals surface area (Å²) >= 11 is 6.10. The number of anilines is 1. The van der Waals surface area contributed by atoms with Crippen molar-refractivity contribution in [3.05, 3.63) is 58.1 Å². The van der Waals surface area contributed by atoms with E-state index >= 15 is 0 Å². The number of carbonyl (C=O) groups excluding carboxylic acids is 1. The Morgan fingerprint density at radius 1 is 1.13 bits per heavy atom. The zero-order valence-electron chi connectivity index (χ0n) is 17.3. The second-order valence-corrected chi connectivity index (χ2v) is 9.70. The average Bonchev–Trinajstić information content (AvgIpc) is 2.69. The van der Waals surface area contributed by atoms with Crippen LogP contribution in [0.1, 0.15) is 23.1 Å². The minimum atomic E-state index is -3.74. The molecule has 1 fully saturated rings. The molecule has 1 aliphatic heterocycles. The summed E-state index contributed by atoms with van der Waals surface area (Å²) in [6.45, 7) is 4.55. The Labute approximate surface area is 182 Å². The van der Waals surface area contributed by atoms with Crippen molar-refractivity contribution in [1.29, 1.82) is 0 Å². The fourth-order valence-electron chi connectivity index (χ4n) is 3.32. The molecule has 1 amide bonds. The molecule has 9 heteroatoms. The highest BCUT2D eigenvalue weighted by atomic mass is 35.5. The number of methoxy groups -OCH3 is 1. The van der Waals surface area contributed by atoms with Gasteiger partial charge in [0.1, 0.15) is 5.75 Å². The van der Waals surface area contributed by atoms with Crippen molar-refractivity contribution in [1.82, 2.24) is 8.61 Å². The number of halogens is 1. The SMILES string of the molecule is COc1cc(Cl)c(C)cc1NC(=O)CN1CCCN(Cc2ccc(C)cc2)S1(=O)=O. The molecular weight excluding hydrogens is 426 g/mol. The molecule has 7 nitrogen and oxygen atoms in total. The maximum Gasteiger partial charge on any atom is 0.282 e. The minimum Gasteiger partial charge on any atom is -0.495 e. The molecule has 0 saturated carbocycles. The molecule has 1 N–H and O–H groups in total. The maximum atomic E-state index is 13.0. The monoisotopic (exact) mass is 451 g/mol. The van der Waals surface area contributed by atoms with Crippen molar-refractivity contribution in [3.8, 4) is 5.75 Å². The molecule has 0 aromatic heterocycles. The Morgan fingerprint density at radius 3 is 2.47 bits per heavy atom. The summed E-state index contributed by atoms with van der Waals surface area (Å²) in [4.78, 5) is 12.6. The number of rotatable bonds is 6. The molecule has 2 aromatic rings. The highest BCUT2D eigenvalue weighted by molar-refractivity contribution is 7.86. The first-order valence-corrected chi connectivity index (χ1v) is 11.4. The molecule has 0 unspecified atom stereocenters. The van der Waals surface area contributed by atoms with E-state index in [1.807, 2.05) is 38.1 Å². The van der Waals surface area contributed by atoms with Gasteiger partial charge in [0.2, 0.25) is 5.91 Å². The second-order valence-electron chi connectivity index (χ2n) is 7.36. The van der Waals surface area contributed by atoms with Crippen LogP contribution in [0.2, 0.25) is 5.02 Å². The lowest BCUT2D eigenvalue weighted by Gasteiger charge is -2.34. The molecule has 0 aliphatic carbocycles. The molecule has 0 bridgehead atoms. The van der Waals surface area contributed by atoms with Crippen molar-refractivity contribution >= 4 is 33.4 Å². The number of amides is 1. The van der Waals surface area contributed by atoms with Crippen LogP contribution in [0.3, 0.4) is 0 Å². The highest BCUT2D eigenvalue weighted by Gasteiger charge is 2.34. The van der Waals surface area contributed by atoms with E-state index in [0.29, 0.717) is 36.0 Å². The van der Waals surface area contributed by atoms with Gasteiger partial charge >= 0.3 is 0 Å². The minimum absolute atomic E-state index is 0.266. The van der Waals surface area contributed by atoms with Crippen LogP contribution in [0.15, 0.2) is 36.4 Å². The van der Waals surface area contributed by atoms with Gasteiger partial charge in [-0.05, 0) is 37.5 Å². The zero-order valence-corrected chi connectivity index (χ0v) is 18.9. The van der Waals surface area contributed by atoms with Crippen molar-refractivity contribution in [2.75, 3.05) is 32.1 Å². The van der Waals surface area contributed by atoms with E-state index in [2.05, 4.69) is 5.32 Å². The largest absolute Gasteiger partial charge is 0.495 e. The quantitative estimate of drug-likeness (QED) is 0.730. The molecule has 3 rings (SSSR count). The summed E-state index contributed by atoms with van der Waals surface area (Å²) in [5.74, 6) is -0.0165. The third-order valence-corrected chi connectivity index (χ3v) is 7.36. The van der Waals surface area contributed by atoms with Crippen molar-refractivity contribution < 1.29 is 17.9 Å². The van der Waals surface area contributed by atoms with E-state index in [1.54, 1.807) is 12.1 Å². The van der Waals surface area contributed by atoms with Gasteiger partial charge < -0.3 is 10.1 Å². The van der Waals surface area contributed by atoms with Gasteiger partial charge in [0.15, 0.2) is 0 Å². The molecule has 1 aliphatic rings. The molecule has 2 aromatic carbocycles. The Kier molecular flexibility index (Phi) is 7.02. The molecule has 162 valence electrons. The van der Waals surface area contributed by atoms with E-state index < -0.39 is 16.1 Å². The van der Waals surface area contributed by atoms with Crippen LogP contribution in [0.4, 0.5) is 5.69 Å². The standard InChI is InChI=1S/C21H26ClN3O4S/c1-15-5-7-17(8-6-15)13-24-9-4-10-25(30(24,27)28)14-21(26)23-19-11-16(2)18(22)12-20(19)29-3/h5-8,11-12H,4,9-10,13-14H2,1-3H3,(H,23,26). The Bertz CT molecular complexity index is 1030. The van der Waals surface area contributed by atoms with Crippen LogP contribution in [0.5, 0.6) is 5.75 Å². The normalized spacial score (nSPS) is 16.9. The van der Waals surface area contributed by atoms with Gasteiger partial charge in [0.05, 0.1) is 19.3 Å². The van der Waals surface area contributed by atoms with Crippen molar-refractivity contribution in [2.45, 2.75) is 26.8 Å². The van der Waals surface area contributed by atoms with E-state index in [4.69, 9.17) is 16.3 Å². The number of hydrogen-bond acceptors (Lipinski definition) is 4. The summed E-state index contributed by atoms with van der Waals surface area (Å²) in [5.41, 5.74) is 3.27. The van der Waals surface area contributed by atoms with Gasteiger partial charge in [0, 0.05) is 30.7 Å². The van der Waals surface area contributed by atoms with Crippen LogP contribution in [0, 0.1) is 13.8 Å². The molecule has 1 saturated heterocycles. The van der Waals surface area contributed by atoms with Gasteiger partial charge in [-0.25, -0.2) is 0 Å². The maximum absolute atomic E-state index is 13.0. The van der Waals surface area contributed by atoms with Gasteiger partial charge in [0.25, 0.3) is 10.2 Å². The van der Waals surface area contributed by atoms with Crippen LogP contribution in [-0.2, 0) is 21.5 Å². The third kappa shape index (κ3) is 5.13. The summed E-state index contributed by atoms with van der Waals surface area (Å²) in [6.07, 6.45) is 0.655. The number of carbonyl (C=O) groups is 1. The molecular formula is C21H26ClN3O4S. The first-order valence-electron chi connectivity index (χ1n) is 9.65. The van der Waals surface area contributed by atoms with Crippen LogP contribution < -0.4 is 10.1 Å². The zero-order chi connectivity index (χ0) is 21.9. The first kappa shape index (κ1) is 22.6. The van der Waals surface area contributed by atoms with E-state index in [9.17, 15) is 13.2 Å². The van der Waals surface area contributed by atoms with Crippen LogP contribution in [-0.4, -0.2) is 49.7 Å². The molecule has 30 heavy (non-hydrogen) atoms. The van der Waals surface area contributed by atoms with Crippen LogP contribution >= 0.6 is 11.6 Å². The van der Waals surface area contributed by atoms with E-state index in [1.165, 1.54) is 15.7 Å². The predicted molar refractivity (Wildman–Crippen MR) is 118 cm³/mol. The Hall–Kier alpha value is -2.13. The molecule has 0 spiro atoms. The molecule has 0 radical (unpaired) electrons. The fourth-order valence-corrected chi connectivity index (χ4v) is 5.11. The summed E-state index contributed by atoms with van der Waals surface area (Å²) in [5, 5.41) is 3.26. The topological polar surface area (TPSA) is 79.0 Å². The number of nitrogens with one attached hydrogen (secondary N) is 1. The first-order chi connectivity index (χ1) is 14.2. The lowest BCUT2D eigenvalue weighted by atomic mass is 10.1. The average molecular weight is 452 g/mol. The summed E-state index contributed by atoms with van der Waals surface area (Å²) < 4.78 is 33.9. The van der Waals surface area contributed by atoms with Gasteiger partial charge in [-0.2, -0.15) is 17.0 Å². The number of ether oxygens (including phenoxy) is 1. The Balaban J connectivity index is 1.70. The fraction of sp³-hybridized carbons (Fsp3) is 0.381. The number of benzene rings is 2. The Morgan fingerprint density at radius 2 is 1.80 bits per heavy atom. The van der Waals surface area contributed by atoms with Crippen molar-refractivity contribution in [2.24, 2.45) is 0 Å². The molecule has 0 atom stereocenters. The van der Waals surface area contributed by atoms with E-state index in [0.717, 1.165) is 16.7 Å². The predicted octanol–water partition coefficient (Wildman–Crippen LogP) is 3.36. The lowest BCUT2D eigenvalue weighted by Crippen LogP contribution is -2.51. The van der Waals surface area contributed by atoms with E-state index in [-0.39, 0.29) is 13.1 Å². The number of nitrogens with zero attached hydrogens (tertiary/aromatic N) is 2.